The molecule has 0 atom stereocenters. The highest BCUT2D eigenvalue weighted by molar-refractivity contribution is 6.28. The summed E-state index contributed by atoms with van der Waals surface area (Å²) in [5.41, 5.74) is 13.3. The second-order valence-corrected chi connectivity index (χ2v) is 15.6. The highest BCUT2D eigenvalue weighted by atomic mass is 15.2. The number of aromatic nitrogens is 7. The predicted octanol–water partition coefficient (Wildman–Crippen LogP) is 13.2. The Bertz CT molecular complexity index is 3550. The Morgan fingerprint density at radius 3 is 1.42 bits per heavy atom. The van der Waals surface area contributed by atoms with Gasteiger partial charge in [-0.25, -0.2) is 19.9 Å². The zero-order valence-electron chi connectivity index (χ0n) is 33.8. The maximum absolute atomic E-state index is 5.54. The number of fused-ring (bicyclic) bond motifs is 7. The summed E-state index contributed by atoms with van der Waals surface area (Å²) >= 11 is 0. The highest BCUT2D eigenvalue weighted by Gasteiger charge is 2.27. The molecule has 8 aromatic carbocycles. The molecule has 292 valence electrons. The molecule has 12 rings (SSSR count). The molecule has 0 bridgehead atoms. The monoisotopic (exact) mass is 795 g/mol. The Hall–Kier alpha value is -8.42. The summed E-state index contributed by atoms with van der Waals surface area (Å²) in [6, 6.07) is 71.9. The molecule has 0 N–H and O–H groups in total. The fourth-order valence-electron chi connectivity index (χ4n) is 9.06. The van der Waals surface area contributed by atoms with Crippen molar-refractivity contribution in [1.29, 1.82) is 0 Å². The molecular weight excluding hydrogens is 759 g/mol. The summed E-state index contributed by atoms with van der Waals surface area (Å²) in [5, 5.41) is 3.46. The maximum Gasteiger partial charge on any atom is 0.165 e. The van der Waals surface area contributed by atoms with Gasteiger partial charge >= 0.3 is 0 Å². The predicted molar refractivity (Wildman–Crippen MR) is 252 cm³/mol. The summed E-state index contributed by atoms with van der Waals surface area (Å²) in [7, 11) is 0. The topological polar surface area (TPSA) is 66.3 Å². The number of para-hydroxylation sites is 3. The molecule has 0 fully saturated rings. The van der Waals surface area contributed by atoms with Crippen LogP contribution in [0.2, 0.25) is 0 Å². The van der Waals surface area contributed by atoms with Crippen molar-refractivity contribution in [3.63, 3.8) is 0 Å². The normalized spacial score (nSPS) is 11.6. The van der Waals surface area contributed by atoms with E-state index in [0.29, 0.717) is 17.5 Å². The first-order valence-electron chi connectivity index (χ1n) is 20.8. The van der Waals surface area contributed by atoms with Gasteiger partial charge in [-0.15, -0.1) is 0 Å². The van der Waals surface area contributed by atoms with Crippen molar-refractivity contribution in [2.75, 3.05) is 0 Å². The first-order valence-corrected chi connectivity index (χ1v) is 20.8. The van der Waals surface area contributed by atoms with Gasteiger partial charge in [-0.2, -0.15) is 0 Å². The van der Waals surface area contributed by atoms with E-state index in [2.05, 4.69) is 166 Å². The Morgan fingerprint density at radius 1 is 0.339 bits per heavy atom. The van der Waals surface area contributed by atoms with Crippen LogP contribution in [-0.4, -0.2) is 33.6 Å². The molecule has 12 aromatic rings. The molecule has 0 spiro atoms. The minimum atomic E-state index is 0.618. The van der Waals surface area contributed by atoms with Crippen molar-refractivity contribution in [2.45, 2.75) is 6.92 Å². The van der Waals surface area contributed by atoms with Crippen molar-refractivity contribution in [3.8, 4) is 62.6 Å². The first-order chi connectivity index (χ1) is 30.7. The van der Waals surface area contributed by atoms with Crippen molar-refractivity contribution in [2.24, 2.45) is 0 Å². The van der Waals surface area contributed by atoms with E-state index in [4.69, 9.17) is 19.9 Å². The average molecular weight is 796 g/mol. The SMILES string of the molecule is Cc1cc(-c2nc(-c3ccccc3)nc(-c3ccccc3)n2)cc(-n2c3ccccc3c3c4c5c(nc(-c6ccccc6)n5-c5ccccc5)n(-c5ccccc5)c4ccc32)c1. The van der Waals surface area contributed by atoms with E-state index in [1.807, 2.05) is 60.7 Å². The van der Waals surface area contributed by atoms with Gasteiger partial charge in [0.25, 0.3) is 0 Å². The summed E-state index contributed by atoms with van der Waals surface area (Å²) < 4.78 is 7.06. The van der Waals surface area contributed by atoms with Crippen LogP contribution in [0.3, 0.4) is 0 Å². The lowest BCUT2D eigenvalue weighted by atomic mass is 10.1. The van der Waals surface area contributed by atoms with Gasteiger partial charge in [-0.1, -0.05) is 146 Å². The number of rotatable bonds is 7. The molecule has 0 aliphatic carbocycles. The number of imidazole rings is 1. The second-order valence-electron chi connectivity index (χ2n) is 15.6. The van der Waals surface area contributed by atoms with Crippen molar-refractivity contribution in [1.82, 2.24) is 33.6 Å². The summed E-state index contributed by atoms with van der Waals surface area (Å²) in [4.78, 5) is 20.7. The van der Waals surface area contributed by atoms with Gasteiger partial charge in [0.2, 0.25) is 0 Å². The van der Waals surface area contributed by atoms with E-state index in [0.717, 1.165) is 94.6 Å². The number of nitrogens with zero attached hydrogens (tertiary/aromatic N) is 7. The molecule has 7 heteroatoms. The van der Waals surface area contributed by atoms with Gasteiger partial charge in [-0.05, 0) is 73.2 Å². The molecule has 0 aliphatic rings. The molecule has 0 aliphatic heterocycles. The first kappa shape index (κ1) is 35.5. The Kier molecular flexibility index (Phi) is 8.25. The van der Waals surface area contributed by atoms with Crippen LogP contribution in [0.25, 0.3) is 106 Å². The van der Waals surface area contributed by atoms with Crippen LogP contribution in [0, 0.1) is 6.92 Å². The van der Waals surface area contributed by atoms with E-state index < -0.39 is 0 Å². The fraction of sp³-hybridized carbons (Fsp3) is 0.0182. The van der Waals surface area contributed by atoms with Crippen molar-refractivity contribution < 1.29 is 0 Å². The molecule has 0 saturated heterocycles. The van der Waals surface area contributed by atoms with Crippen LogP contribution in [-0.2, 0) is 0 Å². The fourth-order valence-corrected chi connectivity index (χ4v) is 9.06. The van der Waals surface area contributed by atoms with Gasteiger partial charge in [-0.3, -0.25) is 9.13 Å². The highest BCUT2D eigenvalue weighted by Crippen LogP contribution is 2.44. The van der Waals surface area contributed by atoms with E-state index >= 15 is 0 Å². The van der Waals surface area contributed by atoms with Crippen LogP contribution in [0.5, 0.6) is 0 Å². The van der Waals surface area contributed by atoms with E-state index in [9.17, 15) is 0 Å². The van der Waals surface area contributed by atoms with Gasteiger partial charge in [0.1, 0.15) is 11.3 Å². The number of hydrogen-bond donors (Lipinski definition) is 0. The number of benzene rings is 8. The van der Waals surface area contributed by atoms with Gasteiger partial charge in [0, 0.05) is 55.5 Å². The van der Waals surface area contributed by atoms with Gasteiger partial charge in [0.05, 0.1) is 16.6 Å². The zero-order chi connectivity index (χ0) is 41.1. The third-order valence-corrected chi connectivity index (χ3v) is 11.7. The third-order valence-electron chi connectivity index (χ3n) is 11.7. The molecule has 0 amide bonds. The van der Waals surface area contributed by atoms with Crippen LogP contribution >= 0.6 is 0 Å². The second kappa shape index (κ2) is 14.4. The van der Waals surface area contributed by atoms with Crippen LogP contribution in [0.1, 0.15) is 5.56 Å². The van der Waals surface area contributed by atoms with Crippen LogP contribution < -0.4 is 0 Å². The Balaban J connectivity index is 1.16. The lowest BCUT2D eigenvalue weighted by Gasteiger charge is -2.13. The largest absolute Gasteiger partial charge is 0.309 e. The molecule has 7 nitrogen and oxygen atoms in total. The summed E-state index contributed by atoms with van der Waals surface area (Å²) in [6.45, 7) is 2.14. The molecular formula is C55H37N7. The number of hydrogen-bond acceptors (Lipinski definition) is 4. The molecule has 0 saturated carbocycles. The molecule has 4 aromatic heterocycles. The minimum Gasteiger partial charge on any atom is -0.309 e. The number of aryl methyl sites for hydroxylation is 1. The molecule has 62 heavy (non-hydrogen) atoms. The van der Waals surface area contributed by atoms with E-state index in [1.54, 1.807) is 0 Å². The van der Waals surface area contributed by atoms with Crippen LogP contribution in [0.15, 0.2) is 206 Å². The minimum absolute atomic E-state index is 0.618. The van der Waals surface area contributed by atoms with Gasteiger partial charge in [0.15, 0.2) is 23.1 Å². The molecule has 0 unspecified atom stereocenters. The molecule has 4 heterocycles. The summed E-state index contributed by atoms with van der Waals surface area (Å²) in [6.07, 6.45) is 0. The van der Waals surface area contributed by atoms with Crippen molar-refractivity contribution in [3.05, 3.63) is 212 Å². The quantitative estimate of drug-likeness (QED) is 0.161. The lowest BCUT2D eigenvalue weighted by molar-refractivity contribution is 1.07. The van der Waals surface area contributed by atoms with Crippen LogP contribution in [0.4, 0.5) is 0 Å². The lowest BCUT2D eigenvalue weighted by Crippen LogP contribution is -2.01. The van der Waals surface area contributed by atoms with E-state index in [1.165, 1.54) is 0 Å². The maximum atomic E-state index is 5.54. The standard InChI is InChI=1S/C55H37N7/c1-36-33-40(53-57-51(37-19-7-2-8-20-37)56-52(58-53)38-21-9-3-10-22-38)35-43(34-36)60-45-30-18-17-29-44(45)48-46(60)31-32-47-49(48)50-55(61(47)41-25-13-5-14-26-41)59-54(39-23-11-4-12-24-39)62(50)42-27-15-6-16-28-42/h2-35H,1H3. The zero-order valence-corrected chi connectivity index (χ0v) is 33.8. The van der Waals surface area contributed by atoms with Gasteiger partial charge < -0.3 is 4.57 Å². The average Bonchev–Trinajstić information content (AvgIpc) is 4.00. The Morgan fingerprint density at radius 2 is 0.823 bits per heavy atom. The third kappa shape index (κ3) is 5.74. The van der Waals surface area contributed by atoms with Crippen molar-refractivity contribution >= 4 is 43.9 Å². The Labute approximate surface area is 357 Å². The summed E-state index contributed by atoms with van der Waals surface area (Å²) in [5.74, 6) is 2.77. The smallest absolute Gasteiger partial charge is 0.165 e. The van der Waals surface area contributed by atoms with E-state index in [-0.39, 0.29) is 0 Å². The molecule has 0 radical (unpaired) electrons.